The topological polar surface area (TPSA) is 79.2 Å². The minimum absolute atomic E-state index is 0.0771. The van der Waals surface area contributed by atoms with Gasteiger partial charge in [-0.15, -0.1) is 0 Å². The second-order valence-corrected chi connectivity index (χ2v) is 8.83. The summed E-state index contributed by atoms with van der Waals surface area (Å²) in [5.41, 5.74) is 2.93. The molecule has 2 aromatic rings. The number of carbonyl (C=O) groups is 1. The van der Waals surface area contributed by atoms with Gasteiger partial charge in [-0.2, -0.15) is 5.10 Å². The van der Waals surface area contributed by atoms with Gasteiger partial charge in [0.05, 0.1) is 17.8 Å². The molecule has 0 saturated carbocycles. The molecule has 3 N–H and O–H groups in total. The van der Waals surface area contributed by atoms with Crippen LogP contribution in [0.2, 0.25) is 0 Å². The molecule has 0 bridgehead atoms. The maximum Gasteiger partial charge on any atom is 0.217 e. The number of nitrogens with zero attached hydrogens (tertiary/aromatic N) is 2. The highest BCUT2D eigenvalue weighted by molar-refractivity contribution is 5.73. The van der Waals surface area contributed by atoms with Crippen LogP contribution in [0.1, 0.15) is 30.2 Å². The van der Waals surface area contributed by atoms with Crippen LogP contribution in [0.4, 0.5) is 8.78 Å². The predicted molar refractivity (Wildman–Crippen MR) is 128 cm³/mol. The van der Waals surface area contributed by atoms with Crippen LogP contribution in [-0.4, -0.2) is 45.0 Å². The number of carbonyl (C=O) groups excluding carboxylic acids is 1. The van der Waals surface area contributed by atoms with Crippen LogP contribution in [0.3, 0.4) is 0 Å². The average molecular weight is 471 g/mol. The van der Waals surface area contributed by atoms with E-state index >= 15 is 0 Å². The van der Waals surface area contributed by atoms with Crippen LogP contribution in [0.5, 0.6) is 0 Å². The van der Waals surface area contributed by atoms with Gasteiger partial charge >= 0.3 is 0 Å². The second kappa shape index (κ2) is 10.9. The first-order chi connectivity index (χ1) is 16.2. The molecule has 3 unspecified atom stereocenters. The van der Waals surface area contributed by atoms with Crippen molar-refractivity contribution in [1.82, 2.24) is 20.4 Å². The summed E-state index contributed by atoms with van der Waals surface area (Å²) in [6, 6.07) is 2.45. The molecule has 1 aliphatic rings. The number of allylic oxidation sites excluding steroid dienone is 2. The first-order valence-corrected chi connectivity index (χ1v) is 11.3. The van der Waals surface area contributed by atoms with E-state index in [2.05, 4.69) is 28.9 Å². The number of rotatable bonds is 10. The zero-order chi connectivity index (χ0) is 24.9. The first kappa shape index (κ1) is 25.5. The highest BCUT2D eigenvalue weighted by Crippen LogP contribution is 2.34. The van der Waals surface area contributed by atoms with Crippen molar-refractivity contribution >= 4 is 5.91 Å². The van der Waals surface area contributed by atoms with Crippen molar-refractivity contribution in [3.8, 4) is 0 Å². The van der Waals surface area contributed by atoms with E-state index in [4.69, 9.17) is 0 Å². The minimum atomic E-state index is -1.02. The number of β-amino-alcohol motifs (C(OH)–C–C–N with tert-alkyl or cyclic N) is 1. The Morgan fingerprint density at radius 1 is 1.32 bits per heavy atom. The molecule has 3 rings (SSSR count). The van der Waals surface area contributed by atoms with E-state index in [0.717, 1.165) is 35.7 Å². The Bertz CT molecular complexity index is 1070. The summed E-state index contributed by atoms with van der Waals surface area (Å²) in [6.45, 7) is 9.26. The van der Waals surface area contributed by atoms with E-state index in [9.17, 15) is 18.7 Å². The van der Waals surface area contributed by atoms with Crippen LogP contribution >= 0.6 is 0 Å². The summed E-state index contributed by atoms with van der Waals surface area (Å²) in [5.74, 6) is -1.75. The molecule has 0 fully saturated rings. The highest BCUT2D eigenvalue weighted by atomic mass is 19.1. The van der Waals surface area contributed by atoms with Crippen molar-refractivity contribution in [2.45, 2.75) is 50.3 Å². The summed E-state index contributed by atoms with van der Waals surface area (Å²) in [5, 5.41) is 21.8. The minimum Gasteiger partial charge on any atom is -0.390 e. The summed E-state index contributed by atoms with van der Waals surface area (Å²) in [7, 11) is 1.89. The van der Waals surface area contributed by atoms with Gasteiger partial charge < -0.3 is 15.7 Å². The fourth-order valence-corrected chi connectivity index (χ4v) is 4.71. The number of aryl methyl sites for hydroxylation is 2. The lowest BCUT2D eigenvalue weighted by atomic mass is 9.75. The molecule has 0 saturated heterocycles. The van der Waals surface area contributed by atoms with Crippen LogP contribution in [0.25, 0.3) is 0 Å². The van der Waals surface area contributed by atoms with Crippen molar-refractivity contribution in [1.29, 1.82) is 0 Å². The Morgan fingerprint density at radius 3 is 2.65 bits per heavy atom. The fourth-order valence-electron chi connectivity index (χ4n) is 4.71. The number of halogens is 2. The SMILES string of the molecule is C=C/C=C(\C=C)C1(NCC(O)C(Cc2cc(F)cc(F)c2)NC(C)=O)CCc2nn(C)cc2C1. The predicted octanol–water partition coefficient (Wildman–Crippen LogP) is 2.92. The molecule has 0 aliphatic heterocycles. The van der Waals surface area contributed by atoms with E-state index < -0.39 is 29.3 Å². The van der Waals surface area contributed by atoms with Gasteiger partial charge in [0.15, 0.2) is 0 Å². The second-order valence-electron chi connectivity index (χ2n) is 8.83. The number of fused-ring (bicyclic) bond motifs is 1. The molecule has 1 aromatic carbocycles. The fraction of sp³-hybridized carbons (Fsp3) is 0.385. The first-order valence-electron chi connectivity index (χ1n) is 11.3. The highest BCUT2D eigenvalue weighted by Gasteiger charge is 2.38. The van der Waals surface area contributed by atoms with E-state index in [1.165, 1.54) is 19.1 Å². The molecule has 182 valence electrons. The molecule has 8 heteroatoms. The maximum atomic E-state index is 13.7. The lowest BCUT2D eigenvalue weighted by molar-refractivity contribution is -0.120. The maximum absolute atomic E-state index is 13.7. The molecule has 34 heavy (non-hydrogen) atoms. The molecule has 0 radical (unpaired) electrons. The number of hydrogen-bond acceptors (Lipinski definition) is 4. The van der Waals surface area contributed by atoms with Crippen LogP contribution in [0.15, 0.2) is 61.4 Å². The Balaban J connectivity index is 1.83. The molecule has 1 heterocycles. The number of hydrogen-bond donors (Lipinski definition) is 3. The van der Waals surface area contributed by atoms with Gasteiger partial charge in [-0.1, -0.05) is 31.4 Å². The average Bonchev–Trinajstić information content (AvgIpc) is 3.13. The van der Waals surface area contributed by atoms with Crippen molar-refractivity contribution < 1.29 is 18.7 Å². The number of aromatic nitrogens is 2. The largest absolute Gasteiger partial charge is 0.390 e. The number of nitrogens with one attached hydrogen (secondary N) is 2. The smallest absolute Gasteiger partial charge is 0.217 e. The van der Waals surface area contributed by atoms with Gasteiger partial charge in [-0.25, -0.2) is 8.78 Å². The van der Waals surface area contributed by atoms with Gasteiger partial charge in [0.1, 0.15) is 11.6 Å². The third-order valence-electron chi connectivity index (χ3n) is 6.22. The standard InChI is InChI=1S/C26H32F2N4O2/c1-5-7-20(6-2)26(9-8-23-19(14-26)16-32(4)31-23)29-15-25(34)24(30-17(3)33)12-18-10-21(27)13-22(28)11-18/h5-7,10-11,13,16,24-25,29,34H,1-2,8-9,12,14-15H2,3-4H3,(H,30,33)/b20-7+. The lowest BCUT2D eigenvalue weighted by Crippen LogP contribution is -2.56. The van der Waals surface area contributed by atoms with E-state index in [0.29, 0.717) is 12.0 Å². The van der Waals surface area contributed by atoms with E-state index in [-0.39, 0.29) is 18.9 Å². The van der Waals surface area contributed by atoms with Gasteiger partial charge in [0.25, 0.3) is 0 Å². The monoisotopic (exact) mass is 470 g/mol. The number of amides is 1. The Hall–Kier alpha value is -3.10. The number of aliphatic hydroxyl groups excluding tert-OH is 1. The summed E-state index contributed by atoms with van der Waals surface area (Å²) >= 11 is 0. The van der Waals surface area contributed by atoms with Crippen LogP contribution < -0.4 is 10.6 Å². The number of benzene rings is 1. The Kier molecular flexibility index (Phi) is 8.17. The summed E-state index contributed by atoms with van der Waals surface area (Å²) in [6.07, 6.45) is 8.56. The molecular weight excluding hydrogens is 438 g/mol. The molecule has 1 aromatic heterocycles. The quantitative estimate of drug-likeness (QED) is 0.467. The molecule has 6 nitrogen and oxygen atoms in total. The third-order valence-corrected chi connectivity index (χ3v) is 6.22. The van der Waals surface area contributed by atoms with Crippen molar-refractivity contribution in [2.75, 3.05) is 6.54 Å². The van der Waals surface area contributed by atoms with Gasteiger partial charge in [0, 0.05) is 38.3 Å². The third kappa shape index (κ3) is 6.07. The molecule has 3 atom stereocenters. The molecule has 1 aliphatic carbocycles. The van der Waals surface area contributed by atoms with Gasteiger partial charge in [-0.3, -0.25) is 9.48 Å². The molecule has 1 amide bonds. The molecular formula is C26H32F2N4O2. The Morgan fingerprint density at radius 2 is 2.03 bits per heavy atom. The van der Waals surface area contributed by atoms with Crippen molar-refractivity contribution in [2.24, 2.45) is 7.05 Å². The van der Waals surface area contributed by atoms with E-state index in [1.807, 2.05) is 19.3 Å². The molecule has 0 spiro atoms. The zero-order valence-corrected chi connectivity index (χ0v) is 19.7. The van der Waals surface area contributed by atoms with Crippen LogP contribution in [0, 0.1) is 11.6 Å². The van der Waals surface area contributed by atoms with Crippen molar-refractivity contribution in [3.63, 3.8) is 0 Å². The number of aliphatic hydroxyl groups is 1. The van der Waals surface area contributed by atoms with Gasteiger partial charge in [-0.05, 0) is 54.5 Å². The zero-order valence-electron chi connectivity index (χ0n) is 19.7. The summed E-state index contributed by atoms with van der Waals surface area (Å²) < 4.78 is 29.1. The summed E-state index contributed by atoms with van der Waals surface area (Å²) in [4.78, 5) is 11.8. The van der Waals surface area contributed by atoms with Crippen molar-refractivity contribution in [3.05, 3.63) is 89.8 Å². The Labute approximate surface area is 199 Å². The van der Waals surface area contributed by atoms with Gasteiger partial charge in [0.2, 0.25) is 5.91 Å². The van der Waals surface area contributed by atoms with Crippen LogP contribution in [-0.2, 0) is 31.1 Å². The normalized spacial score (nSPS) is 19.7. The lowest BCUT2D eigenvalue weighted by Gasteiger charge is -2.40. The van der Waals surface area contributed by atoms with E-state index in [1.54, 1.807) is 16.8 Å².